The standard InChI is InChI=1S/C29H26ClN3O4/c1-2-11-28-12-13-29(37-28,14-15-36-23-10-8-19(30)17-32-23)25-24(28)26(34)33(27(25)35)22-9-7-18(16-31)20-5-3-4-6-21(20)22/h3-10,17,34-35H,2,11-15H2,1H3/t28-,29-/m1/s1. The van der Waals surface area contributed by atoms with E-state index in [1.165, 1.54) is 10.8 Å². The van der Waals surface area contributed by atoms with Gasteiger partial charge in [-0.1, -0.05) is 49.2 Å². The molecule has 4 heterocycles. The minimum atomic E-state index is -0.786. The number of fused-ring (bicyclic) bond motifs is 6. The highest BCUT2D eigenvalue weighted by Gasteiger charge is 2.63. The number of benzene rings is 2. The van der Waals surface area contributed by atoms with Gasteiger partial charge in [0.15, 0.2) is 0 Å². The summed E-state index contributed by atoms with van der Waals surface area (Å²) in [4.78, 5) is 4.20. The van der Waals surface area contributed by atoms with Crippen molar-refractivity contribution in [3.63, 3.8) is 0 Å². The van der Waals surface area contributed by atoms with Gasteiger partial charge in [0.05, 0.1) is 40.1 Å². The van der Waals surface area contributed by atoms with Crippen LogP contribution >= 0.6 is 11.6 Å². The summed E-state index contributed by atoms with van der Waals surface area (Å²) in [5, 5.41) is 35.0. The van der Waals surface area contributed by atoms with Gasteiger partial charge in [-0.15, -0.1) is 0 Å². The predicted molar refractivity (Wildman–Crippen MR) is 139 cm³/mol. The Kier molecular flexibility index (Phi) is 5.55. The Morgan fingerprint density at radius 2 is 1.73 bits per heavy atom. The van der Waals surface area contributed by atoms with Gasteiger partial charge in [0.25, 0.3) is 0 Å². The molecule has 0 radical (unpaired) electrons. The van der Waals surface area contributed by atoms with Gasteiger partial charge in [0, 0.05) is 29.5 Å². The lowest BCUT2D eigenvalue weighted by Gasteiger charge is -2.27. The summed E-state index contributed by atoms with van der Waals surface area (Å²) in [7, 11) is 0. The van der Waals surface area contributed by atoms with Crippen LogP contribution in [0.25, 0.3) is 16.5 Å². The van der Waals surface area contributed by atoms with Gasteiger partial charge < -0.3 is 19.7 Å². The molecule has 0 spiro atoms. The molecule has 2 aliphatic heterocycles. The molecule has 6 rings (SSSR count). The molecule has 2 N–H and O–H groups in total. The predicted octanol–water partition coefficient (Wildman–Crippen LogP) is 6.45. The molecule has 8 heteroatoms. The van der Waals surface area contributed by atoms with Crippen molar-refractivity contribution in [2.24, 2.45) is 0 Å². The van der Waals surface area contributed by atoms with Crippen LogP contribution in [0.3, 0.4) is 0 Å². The summed E-state index contributed by atoms with van der Waals surface area (Å²) < 4.78 is 14.1. The average Bonchev–Trinajstić information content (AvgIpc) is 3.51. The van der Waals surface area contributed by atoms with Gasteiger partial charge in [0.1, 0.15) is 11.2 Å². The Labute approximate surface area is 219 Å². The summed E-state index contributed by atoms with van der Waals surface area (Å²) in [6.45, 7) is 2.41. The molecule has 0 amide bonds. The topological polar surface area (TPSA) is 101 Å². The molecule has 7 nitrogen and oxygen atoms in total. The number of pyridine rings is 1. The molecule has 4 aromatic rings. The molecule has 188 valence electrons. The third kappa shape index (κ3) is 3.47. The second kappa shape index (κ2) is 8.69. The van der Waals surface area contributed by atoms with E-state index in [9.17, 15) is 15.5 Å². The fraction of sp³-hybridized carbons (Fsp3) is 0.310. The third-order valence-electron chi connectivity index (χ3n) is 7.73. The minimum Gasteiger partial charge on any atom is -0.494 e. The van der Waals surface area contributed by atoms with E-state index in [0.717, 1.165) is 30.0 Å². The van der Waals surface area contributed by atoms with Crippen molar-refractivity contribution in [2.75, 3.05) is 6.61 Å². The summed E-state index contributed by atoms with van der Waals surface area (Å²) >= 11 is 5.93. The van der Waals surface area contributed by atoms with Crippen LogP contribution in [-0.4, -0.2) is 26.4 Å². The lowest BCUT2D eigenvalue weighted by Crippen LogP contribution is -2.26. The van der Waals surface area contributed by atoms with Gasteiger partial charge in [-0.25, -0.2) is 4.98 Å². The number of hydrogen-bond acceptors (Lipinski definition) is 6. The Morgan fingerprint density at radius 3 is 2.38 bits per heavy atom. The van der Waals surface area contributed by atoms with Gasteiger partial charge in [-0.2, -0.15) is 5.26 Å². The second-order valence-corrected chi connectivity index (χ2v) is 10.2. The van der Waals surface area contributed by atoms with E-state index in [1.54, 1.807) is 24.3 Å². The number of hydrogen-bond donors (Lipinski definition) is 2. The molecular weight excluding hydrogens is 490 g/mol. The fourth-order valence-electron chi connectivity index (χ4n) is 6.22. The van der Waals surface area contributed by atoms with Crippen molar-refractivity contribution in [1.29, 1.82) is 5.26 Å². The lowest BCUT2D eigenvalue weighted by atomic mass is 9.75. The Bertz CT molecular complexity index is 1560. The third-order valence-corrected chi connectivity index (χ3v) is 7.95. The molecule has 1 fully saturated rings. The molecule has 2 aromatic heterocycles. The first-order valence-electron chi connectivity index (χ1n) is 12.5. The molecule has 2 aliphatic rings. The van der Waals surface area contributed by atoms with Gasteiger partial charge >= 0.3 is 0 Å². The van der Waals surface area contributed by atoms with E-state index in [2.05, 4.69) is 18.0 Å². The lowest BCUT2D eigenvalue weighted by molar-refractivity contribution is -0.101. The number of aromatic hydroxyl groups is 2. The van der Waals surface area contributed by atoms with Crippen LogP contribution in [0.2, 0.25) is 5.02 Å². The highest BCUT2D eigenvalue weighted by atomic mass is 35.5. The number of halogens is 1. The Balaban J connectivity index is 1.45. The monoisotopic (exact) mass is 515 g/mol. The zero-order valence-corrected chi connectivity index (χ0v) is 21.1. The number of rotatable bonds is 7. The second-order valence-electron chi connectivity index (χ2n) is 9.78. The molecule has 0 saturated carbocycles. The molecular formula is C29H26ClN3O4. The first kappa shape index (κ1) is 23.7. The van der Waals surface area contributed by atoms with Gasteiger partial charge in [0.2, 0.25) is 17.6 Å². The summed E-state index contributed by atoms with van der Waals surface area (Å²) in [5.41, 5.74) is 0.987. The molecule has 2 atom stereocenters. The zero-order valence-electron chi connectivity index (χ0n) is 20.4. The maximum absolute atomic E-state index is 11.7. The van der Waals surface area contributed by atoms with E-state index < -0.39 is 11.2 Å². The van der Waals surface area contributed by atoms with Crippen LogP contribution in [0.15, 0.2) is 54.7 Å². The van der Waals surface area contributed by atoms with E-state index in [-0.39, 0.29) is 11.8 Å². The van der Waals surface area contributed by atoms with Crippen molar-refractivity contribution >= 4 is 22.4 Å². The Hall–Kier alpha value is -3.73. The number of ether oxygens (including phenoxy) is 2. The number of nitriles is 1. The van der Waals surface area contributed by atoms with Crippen LogP contribution in [-0.2, 0) is 15.9 Å². The first-order valence-corrected chi connectivity index (χ1v) is 12.9. The normalized spacial score (nSPS) is 21.8. The van der Waals surface area contributed by atoms with Crippen LogP contribution < -0.4 is 4.74 Å². The Morgan fingerprint density at radius 1 is 1.03 bits per heavy atom. The highest BCUT2D eigenvalue weighted by molar-refractivity contribution is 6.30. The van der Waals surface area contributed by atoms with Crippen LogP contribution in [0.5, 0.6) is 17.6 Å². The number of nitrogens with zero attached hydrogens (tertiary/aromatic N) is 3. The minimum absolute atomic E-state index is 0.0160. The SMILES string of the molecule is CCC[C@]12CC[C@](CCOc3ccc(Cl)cn3)(O1)c1c2c(O)n(-c2ccc(C#N)c3ccccc23)c1O. The van der Waals surface area contributed by atoms with Crippen molar-refractivity contribution in [2.45, 2.75) is 50.2 Å². The van der Waals surface area contributed by atoms with Gasteiger partial charge in [-0.05, 0) is 37.5 Å². The number of aromatic nitrogens is 2. The largest absolute Gasteiger partial charge is 0.494 e. The van der Waals surface area contributed by atoms with Crippen LogP contribution in [0.1, 0.15) is 55.7 Å². The molecule has 1 saturated heterocycles. The van der Waals surface area contributed by atoms with Crippen molar-refractivity contribution in [3.8, 4) is 29.4 Å². The molecule has 0 aliphatic carbocycles. The average molecular weight is 516 g/mol. The van der Waals surface area contributed by atoms with E-state index in [0.29, 0.717) is 52.7 Å². The van der Waals surface area contributed by atoms with Crippen molar-refractivity contribution < 1.29 is 19.7 Å². The van der Waals surface area contributed by atoms with E-state index in [4.69, 9.17) is 21.1 Å². The zero-order chi connectivity index (χ0) is 25.8. The van der Waals surface area contributed by atoms with Gasteiger partial charge in [-0.3, -0.25) is 4.57 Å². The van der Waals surface area contributed by atoms with Crippen LogP contribution in [0.4, 0.5) is 0 Å². The molecule has 0 unspecified atom stereocenters. The highest BCUT2D eigenvalue weighted by Crippen LogP contribution is 2.67. The summed E-state index contributed by atoms with van der Waals surface area (Å²) in [5.74, 6) is 0.410. The summed E-state index contributed by atoms with van der Waals surface area (Å²) in [6.07, 6.45) is 5.08. The molecule has 2 bridgehead atoms. The van der Waals surface area contributed by atoms with Crippen molar-refractivity contribution in [1.82, 2.24) is 9.55 Å². The quantitative estimate of drug-likeness (QED) is 0.293. The van der Waals surface area contributed by atoms with E-state index in [1.807, 2.05) is 24.3 Å². The first-order chi connectivity index (χ1) is 17.9. The van der Waals surface area contributed by atoms with Crippen molar-refractivity contribution in [3.05, 3.63) is 76.4 Å². The maximum atomic E-state index is 11.7. The van der Waals surface area contributed by atoms with E-state index >= 15 is 0 Å². The summed E-state index contributed by atoms with van der Waals surface area (Å²) in [6, 6.07) is 16.7. The maximum Gasteiger partial charge on any atom is 0.213 e. The fourth-order valence-corrected chi connectivity index (χ4v) is 6.33. The molecule has 37 heavy (non-hydrogen) atoms. The smallest absolute Gasteiger partial charge is 0.213 e. The molecule has 2 aromatic carbocycles. The van der Waals surface area contributed by atoms with Crippen LogP contribution in [0, 0.1) is 11.3 Å².